The van der Waals surface area contributed by atoms with Crippen molar-refractivity contribution in [2.24, 2.45) is 17.8 Å². The van der Waals surface area contributed by atoms with Gasteiger partial charge in [0.15, 0.2) is 0 Å². The number of nitriles is 1. The minimum Gasteiger partial charge on any atom is -0.198 e. The van der Waals surface area contributed by atoms with E-state index in [4.69, 9.17) is 11.6 Å². The van der Waals surface area contributed by atoms with Gasteiger partial charge in [0, 0.05) is 5.02 Å². The Kier molecular flexibility index (Phi) is 2.84. The normalized spacial score (nSPS) is 32.4. The monoisotopic (exact) mass is 245 g/mol. The molecule has 1 nitrogen and oxygen atoms in total. The van der Waals surface area contributed by atoms with Gasteiger partial charge < -0.3 is 0 Å². The molecule has 0 aliphatic heterocycles. The van der Waals surface area contributed by atoms with Gasteiger partial charge in [-0.1, -0.05) is 30.2 Å². The molecule has 4 unspecified atom stereocenters. The molecule has 0 saturated heterocycles. The van der Waals surface area contributed by atoms with Crippen LogP contribution in [0.2, 0.25) is 5.02 Å². The standard InChI is InChI=1S/C15H16ClN/c16-13-5-3-11(4-6-13)15(9-17)14-8-10-1-2-12(14)7-10/h3-6,10,12,14-15H,1-2,7-8H2. The third kappa shape index (κ3) is 1.96. The number of rotatable bonds is 2. The Morgan fingerprint density at radius 1 is 1.18 bits per heavy atom. The van der Waals surface area contributed by atoms with Gasteiger partial charge in [0.1, 0.15) is 0 Å². The second kappa shape index (κ2) is 4.35. The summed E-state index contributed by atoms with van der Waals surface area (Å²) < 4.78 is 0. The highest BCUT2D eigenvalue weighted by Gasteiger charge is 2.43. The first-order valence-electron chi connectivity index (χ1n) is 6.43. The van der Waals surface area contributed by atoms with Crippen molar-refractivity contribution in [2.75, 3.05) is 0 Å². The van der Waals surface area contributed by atoms with E-state index < -0.39 is 0 Å². The van der Waals surface area contributed by atoms with Crippen LogP contribution in [0.1, 0.15) is 37.2 Å². The predicted molar refractivity (Wildman–Crippen MR) is 68.7 cm³/mol. The Bertz CT molecular complexity index is 445. The molecule has 0 N–H and O–H groups in total. The lowest BCUT2D eigenvalue weighted by molar-refractivity contribution is 0.311. The van der Waals surface area contributed by atoms with E-state index in [2.05, 4.69) is 6.07 Å². The Hall–Kier alpha value is -1.00. The smallest absolute Gasteiger partial charge is 0.0743 e. The summed E-state index contributed by atoms with van der Waals surface area (Å²) in [6.45, 7) is 0. The number of fused-ring (bicyclic) bond motifs is 2. The van der Waals surface area contributed by atoms with E-state index in [9.17, 15) is 5.26 Å². The van der Waals surface area contributed by atoms with Crippen molar-refractivity contribution in [3.8, 4) is 6.07 Å². The topological polar surface area (TPSA) is 23.8 Å². The van der Waals surface area contributed by atoms with Crippen LogP contribution in [0.3, 0.4) is 0 Å². The van der Waals surface area contributed by atoms with Gasteiger partial charge in [-0.25, -0.2) is 0 Å². The minimum atomic E-state index is 0.0718. The molecule has 2 bridgehead atoms. The molecule has 1 aromatic rings. The van der Waals surface area contributed by atoms with E-state index >= 15 is 0 Å². The molecule has 2 aliphatic rings. The molecule has 0 spiro atoms. The van der Waals surface area contributed by atoms with E-state index in [-0.39, 0.29) is 5.92 Å². The van der Waals surface area contributed by atoms with E-state index in [1.807, 2.05) is 24.3 Å². The molecule has 0 aromatic heterocycles. The van der Waals surface area contributed by atoms with Gasteiger partial charge >= 0.3 is 0 Å². The van der Waals surface area contributed by atoms with Gasteiger partial charge in [-0.3, -0.25) is 0 Å². The van der Waals surface area contributed by atoms with Crippen LogP contribution in [0.25, 0.3) is 0 Å². The molecule has 0 radical (unpaired) electrons. The zero-order valence-electron chi connectivity index (χ0n) is 9.77. The number of benzene rings is 1. The Balaban J connectivity index is 1.84. The van der Waals surface area contributed by atoms with E-state index in [1.165, 1.54) is 25.7 Å². The van der Waals surface area contributed by atoms with Crippen LogP contribution in [0.4, 0.5) is 0 Å². The maximum absolute atomic E-state index is 9.45. The SMILES string of the molecule is N#CC(c1ccc(Cl)cc1)C1CC2CCC1C2. The fraction of sp³-hybridized carbons (Fsp3) is 0.533. The van der Waals surface area contributed by atoms with E-state index in [0.717, 1.165) is 22.4 Å². The third-order valence-corrected chi connectivity index (χ3v) is 4.84. The molecule has 17 heavy (non-hydrogen) atoms. The summed E-state index contributed by atoms with van der Waals surface area (Å²) in [6, 6.07) is 10.3. The van der Waals surface area contributed by atoms with Gasteiger partial charge in [-0.2, -0.15) is 5.26 Å². The lowest BCUT2D eigenvalue weighted by Gasteiger charge is -2.26. The first kappa shape index (κ1) is 11.1. The molecule has 88 valence electrons. The van der Waals surface area contributed by atoms with Crippen LogP contribution in [0.5, 0.6) is 0 Å². The summed E-state index contributed by atoms with van der Waals surface area (Å²) in [5.74, 6) is 2.34. The van der Waals surface area contributed by atoms with Gasteiger partial charge in [0.25, 0.3) is 0 Å². The first-order valence-corrected chi connectivity index (χ1v) is 6.81. The van der Waals surface area contributed by atoms with E-state index in [1.54, 1.807) is 0 Å². The molecular formula is C15H16ClN. The summed E-state index contributed by atoms with van der Waals surface area (Å²) in [7, 11) is 0. The van der Waals surface area contributed by atoms with Crippen LogP contribution >= 0.6 is 11.6 Å². The lowest BCUT2D eigenvalue weighted by Crippen LogP contribution is -2.18. The Morgan fingerprint density at radius 2 is 1.94 bits per heavy atom. The second-order valence-corrected chi connectivity index (χ2v) is 5.93. The molecule has 4 atom stereocenters. The highest BCUT2D eigenvalue weighted by molar-refractivity contribution is 6.30. The van der Waals surface area contributed by atoms with Crippen molar-refractivity contribution < 1.29 is 0 Å². The zero-order valence-corrected chi connectivity index (χ0v) is 10.5. The van der Waals surface area contributed by atoms with Crippen LogP contribution in [-0.4, -0.2) is 0 Å². The third-order valence-electron chi connectivity index (χ3n) is 4.59. The van der Waals surface area contributed by atoms with Crippen LogP contribution in [-0.2, 0) is 0 Å². The van der Waals surface area contributed by atoms with Gasteiger partial charge in [-0.05, 0) is 54.7 Å². The Labute approximate surface area is 107 Å². The van der Waals surface area contributed by atoms with Crippen molar-refractivity contribution in [2.45, 2.75) is 31.6 Å². The fourth-order valence-corrected chi connectivity index (χ4v) is 3.92. The quantitative estimate of drug-likeness (QED) is 0.758. The average molecular weight is 246 g/mol. The summed E-state index contributed by atoms with van der Waals surface area (Å²) >= 11 is 5.90. The highest BCUT2D eigenvalue weighted by atomic mass is 35.5. The molecule has 0 amide bonds. The molecule has 2 aliphatic carbocycles. The largest absolute Gasteiger partial charge is 0.198 e. The van der Waals surface area contributed by atoms with Crippen LogP contribution in [0.15, 0.2) is 24.3 Å². The van der Waals surface area contributed by atoms with Gasteiger partial charge in [-0.15, -0.1) is 0 Å². The number of hydrogen-bond acceptors (Lipinski definition) is 1. The number of nitrogens with zero attached hydrogens (tertiary/aromatic N) is 1. The van der Waals surface area contributed by atoms with Crippen molar-refractivity contribution in [3.05, 3.63) is 34.9 Å². The van der Waals surface area contributed by atoms with Crippen LogP contribution in [0, 0.1) is 29.1 Å². The highest BCUT2D eigenvalue weighted by Crippen LogP contribution is 2.53. The summed E-state index contributed by atoms with van der Waals surface area (Å²) in [5.41, 5.74) is 1.15. The van der Waals surface area contributed by atoms with Crippen molar-refractivity contribution in [1.82, 2.24) is 0 Å². The van der Waals surface area contributed by atoms with Crippen molar-refractivity contribution in [3.63, 3.8) is 0 Å². The zero-order chi connectivity index (χ0) is 11.8. The maximum atomic E-state index is 9.45. The molecule has 0 heterocycles. The second-order valence-electron chi connectivity index (χ2n) is 5.50. The molecule has 1 aromatic carbocycles. The Morgan fingerprint density at radius 3 is 2.47 bits per heavy atom. The van der Waals surface area contributed by atoms with Crippen molar-refractivity contribution in [1.29, 1.82) is 5.26 Å². The number of halogens is 1. The molecule has 2 heteroatoms. The summed E-state index contributed by atoms with van der Waals surface area (Å²) in [5, 5.41) is 10.2. The van der Waals surface area contributed by atoms with E-state index in [0.29, 0.717) is 5.92 Å². The lowest BCUT2D eigenvalue weighted by atomic mass is 9.77. The molecule has 2 fully saturated rings. The van der Waals surface area contributed by atoms with Crippen LogP contribution < -0.4 is 0 Å². The minimum absolute atomic E-state index is 0.0718. The predicted octanol–water partition coefficient (Wildman–Crippen LogP) is 4.38. The number of hydrogen-bond donors (Lipinski definition) is 0. The molecular weight excluding hydrogens is 230 g/mol. The first-order chi connectivity index (χ1) is 8.28. The van der Waals surface area contributed by atoms with Gasteiger partial charge in [0.05, 0.1) is 12.0 Å². The summed E-state index contributed by atoms with van der Waals surface area (Å²) in [6.07, 6.45) is 5.34. The maximum Gasteiger partial charge on any atom is 0.0743 e. The van der Waals surface area contributed by atoms with Gasteiger partial charge in [0.2, 0.25) is 0 Å². The molecule has 3 rings (SSSR count). The molecule has 2 saturated carbocycles. The van der Waals surface area contributed by atoms with Crippen molar-refractivity contribution >= 4 is 11.6 Å². The fourth-order valence-electron chi connectivity index (χ4n) is 3.79. The summed E-state index contributed by atoms with van der Waals surface area (Å²) in [4.78, 5) is 0. The average Bonchev–Trinajstić information content (AvgIpc) is 2.95.